The molecular formula is C13H23N3O2S. The van der Waals surface area contributed by atoms with E-state index < -0.39 is 10.0 Å². The van der Waals surface area contributed by atoms with Crippen LogP contribution >= 0.6 is 0 Å². The minimum Gasteiger partial charge on any atom is -0.398 e. The molecule has 0 radical (unpaired) electrons. The lowest BCUT2D eigenvalue weighted by Gasteiger charge is -2.21. The summed E-state index contributed by atoms with van der Waals surface area (Å²) in [4.78, 5) is 2.33. The van der Waals surface area contributed by atoms with Gasteiger partial charge in [-0.2, -0.15) is 0 Å². The van der Waals surface area contributed by atoms with E-state index in [1.165, 1.54) is 0 Å². The maximum Gasteiger partial charge on any atom is 0.240 e. The zero-order valence-electron chi connectivity index (χ0n) is 12.0. The predicted octanol–water partition coefficient (Wildman–Crippen LogP) is 1.20. The summed E-state index contributed by atoms with van der Waals surface area (Å²) in [5, 5.41) is 0. The molecule has 0 atom stereocenters. The third-order valence-corrected chi connectivity index (χ3v) is 4.86. The smallest absolute Gasteiger partial charge is 0.240 e. The average Bonchev–Trinajstić information content (AvgIpc) is 2.31. The van der Waals surface area contributed by atoms with E-state index in [9.17, 15) is 8.42 Å². The maximum atomic E-state index is 12.2. The lowest BCUT2D eigenvalue weighted by molar-refractivity contribution is 0.278. The second-order valence-corrected chi connectivity index (χ2v) is 6.68. The van der Waals surface area contributed by atoms with E-state index in [4.69, 9.17) is 5.73 Å². The highest BCUT2D eigenvalue weighted by Gasteiger charge is 2.17. The van der Waals surface area contributed by atoms with Gasteiger partial charge in [0.25, 0.3) is 0 Å². The van der Waals surface area contributed by atoms with E-state index in [-0.39, 0.29) is 4.90 Å². The Hall–Kier alpha value is -1.11. The third-order valence-electron chi connectivity index (χ3n) is 3.25. The number of nitrogens with one attached hydrogen (secondary N) is 1. The van der Waals surface area contributed by atoms with Crippen molar-refractivity contribution in [2.75, 3.05) is 25.9 Å². The van der Waals surface area contributed by atoms with Crippen molar-refractivity contribution in [1.82, 2.24) is 9.62 Å². The third kappa shape index (κ3) is 4.19. The standard InChI is InChI=1S/C13H23N3O2S/c1-10(2)16(4)9-8-15-19(17,18)13-7-5-6-12(14)11(13)3/h5-7,10,15H,8-9,14H2,1-4H3. The maximum absolute atomic E-state index is 12.2. The van der Waals surface area contributed by atoms with Gasteiger partial charge in [0.1, 0.15) is 0 Å². The Kier molecular flexibility index (Phi) is 5.34. The largest absolute Gasteiger partial charge is 0.398 e. The SMILES string of the molecule is Cc1c(N)cccc1S(=O)(=O)NCCN(C)C(C)C. The van der Waals surface area contributed by atoms with Crippen molar-refractivity contribution < 1.29 is 8.42 Å². The molecule has 0 heterocycles. The number of nitrogens with zero attached hydrogens (tertiary/aromatic N) is 1. The monoisotopic (exact) mass is 285 g/mol. The quantitative estimate of drug-likeness (QED) is 0.770. The summed E-state index contributed by atoms with van der Waals surface area (Å²) < 4.78 is 26.9. The first-order valence-electron chi connectivity index (χ1n) is 6.30. The molecule has 1 aromatic rings. The van der Waals surface area contributed by atoms with Gasteiger partial charge in [-0.1, -0.05) is 6.07 Å². The van der Waals surface area contributed by atoms with Gasteiger partial charge < -0.3 is 10.6 Å². The van der Waals surface area contributed by atoms with E-state index in [0.29, 0.717) is 30.4 Å². The number of anilines is 1. The zero-order chi connectivity index (χ0) is 14.6. The van der Waals surface area contributed by atoms with Crippen LogP contribution < -0.4 is 10.5 Å². The predicted molar refractivity (Wildman–Crippen MR) is 78.5 cm³/mol. The summed E-state index contributed by atoms with van der Waals surface area (Å²) in [5.74, 6) is 0. The number of benzene rings is 1. The number of nitrogen functional groups attached to an aromatic ring is 1. The fraction of sp³-hybridized carbons (Fsp3) is 0.538. The number of sulfonamides is 1. The Morgan fingerprint density at radius 3 is 2.58 bits per heavy atom. The Labute approximate surface area is 115 Å². The van der Waals surface area contributed by atoms with Gasteiger partial charge in [-0.15, -0.1) is 0 Å². The van der Waals surface area contributed by atoms with E-state index in [1.54, 1.807) is 25.1 Å². The van der Waals surface area contributed by atoms with Crippen LogP contribution in [0.5, 0.6) is 0 Å². The van der Waals surface area contributed by atoms with Crippen molar-refractivity contribution in [2.24, 2.45) is 0 Å². The van der Waals surface area contributed by atoms with E-state index >= 15 is 0 Å². The molecule has 0 unspecified atom stereocenters. The number of likely N-dealkylation sites (N-methyl/N-ethyl adjacent to an activating group) is 1. The van der Waals surface area contributed by atoms with Gasteiger partial charge >= 0.3 is 0 Å². The van der Waals surface area contributed by atoms with Crippen LogP contribution in [0.4, 0.5) is 5.69 Å². The first-order valence-corrected chi connectivity index (χ1v) is 7.79. The molecule has 0 aliphatic rings. The Balaban J connectivity index is 2.74. The molecule has 0 aliphatic carbocycles. The number of nitrogens with two attached hydrogens (primary N) is 1. The van der Waals surface area contributed by atoms with Crippen LogP contribution in [0.3, 0.4) is 0 Å². The first kappa shape index (κ1) is 15.9. The molecule has 6 heteroatoms. The molecule has 19 heavy (non-hydrogen) atoms. The highest BCUT2D eigenvalue weighted by molar-refractivity contribution is 7.89. The second kappa shape index (κ2) is 6.36. The lowest BCUT2D eigenvalue weighted by atomic mass is 10.2. The molecule has 0 aromatic heterocycles. The van der Waals surface area contributed by atoms with E-state index in [0.717, 1.165) is 0 Å². The van der Waals surface area contributed by atoms with Gasteiger partial charge in [0.05, 0.1) is 4.90 Å². The van der Waals surface area contributed by atoms with Crippen molar-refractivity contribution >= 4 is 15.7 Å². The Bertz CT molecular complexity index is 527. The molecular weight excluding hydrogens is 262 g/mol. The molecule has 0 amide bonds. The van der Waals surface area contributed by atoms with Gasteiger partial charge in [0, 0.05) is 24.8 Å². The van der Waals surface area contributed by atoms with Crippen LogP contribution in [-0.2, 0) is 10.0 Å². The molecule has 1 aromatic carbocycles. The van der Waals surface area contributed by atoms with Crippen LogP contribution in [0.15, 0.2) is 23.1 Å². The van der Waals surface area contributed by atoms with Crippen LogP contribution in [0.25, 0.3) is 0 Å². The second-order valence-electron chi connectivity index (χ2n) is 4.94. The van der Waals surface area contributed by atoms with Gasteiger partial charge in [-0.05, 0) is 45.5 Å². The highest BCUT2D eigenvalue weighted by Crippen LogP contribution is 2.19. The van der Waals surface area contributed by atoms with Crippen LogP contribution in [0.1, 0.15) is 19.4 Å². The average molecular weight is 285 g/mol. The summed E-state index contributed by atoms with van der Waals surface area (Å²) in [6, 6.07) is 5.30. The molecule has 5 nitrogen and oxygen atoms in total. The minimum atomic E-state index is -3.49. The topological polar surface area (TPSA) is 75.4 Å². The number of hydrogen-bond donors (Lipinski definition) is 2. The summed E-state index contributed by atoms with van der Waals surface area (Å²) in [5.41, 5.74) is 6.81. The van der Waals surface area contributed by atoms with Crippen molar-refractivity contribution in [1.29, 1.82) is 0 Å². The van der Waals surface area contributed by atoms with Gasteiger partial charge in [-0.25, -0.2) is 13.1 Å². The van der Waals surface area contributed by atoms with Gasteiger partial charge in [0.2, 0.25) is 10.0 Å². The van der Waals surface area contributed by atoms with Crippen molar-refractivity contribution in [2.45, 2.75) is 31.7 Å². The summed E-state index contributed by atoms with van der Waals surface area (Å²) in [6.45, 7) is 6.89. The van der Waals surface area contributed by atoms with Crippen LogP contribution in [-0.4, -0.2) is 39.5 Å². The van der Waals surface area contributed by atoms with Crippen LogP contribution in [0.2, 0.25) is 0 Å². The number of rotatable bonds is 6. The van der Waals surface area contributed by atoms with Crippen molar-refractivity contribution in [3.05, 3.63) is 23.8 Å². The Morgan fingerprint density at radius 2 is 2.00 bits per heavy atom. The molecule has 0 aliphatic heterocycles. The molecule has 108 valence electrons. The van der Waals surface area contributed by atoms with Crippen molar-refractivity contribution in [3.8, 4) is 0 Å². The lowest BCUT2D eigenvalue weighted by Crippen LogP contribution is -2.36. The van der Waals surface area contributed by atoms with Gasteiger partial charge in [0.15, 0.2) is 0 Å². The molecule has 0 saturated carbocycles. The van der Waals surface area contributed by atoms with Crippen molar-refractivity contribution in [3.63, 3.8) is 0 Å². The zero-order valence-corrected chi connectivity index (χ0v) is 12.8. The molecule has 0 fully saturated rings. The molecule has 0 bridgehead atoms. The fourth-order valence-corrected chi connectivity index (χ4v) is 2.91. The fourth-order valence-electron chi connectivity index (χ4n) is 1.61. The molecule has 0 spiro atoms. The minimum absolute atomic E-state index is 0.250. The van der Waals surface area contributed by atoms with E-state index in [1.807, 2.05) is 7.05 Å². The van der Waals surface area contributed by atoms with Gasteiger partial charge in [-0.3, -0.25) is 0 Å². The molecule has 0 saturated heterocycles. The molecule has 1 rings (SSSR count). The highest BCUT2D eigenvalue weighted by atomic mass is 32.2. The normalized spacial score (nSPS) is 12.3. The Morgan fingerprint density at radius 1 is 1.37 bits per heavy atom. The van der Waals surface area contributed by atoms with Crippen LogP contribution in [0, 0.1) is 6.92 Å². The summed E-state index contributed by atoms with van der Waals surface area (Å²) in [6.07, 6.45) is 0. The summed E-state index contributed by atoms with van der Waals surface area (Å²) in [7, 11) is -1.53. The summed E-state index contributed by atoms with van der Waals surface area (Å²) >= 11 is 0. The molecule has 3 N–H and O–H groups in total. The van der Waals surface area contributed by atoms with E-state index in [2.05, 4.69) is 23.5 Å². The first-order chi connectivity index (χ1) is 8.75. The number of hydrogen-bond acceptors (Lipinski definition) is 4.